The summed E-state index contributed by atoms with van der Waals surface area (Å²) >= 11 is 0. The van der Waals surface area contributed by atoms with Gasteiger partial charge in [-0.25, -0.2) is 4.98 Å². The van der Waals surface area contributed by atoms with Gasteiger partial charge in [0.2, 0.25) is 11.8 Å². The topological polar surface area (TPSA) is 89.3 Å². The molecule has 9 heteroatoms. The van der Waals surface area contributed by atoms with Crippen molar-refractivity contribution in [3.05, 3.63) is 29.7 Å². The maximum atomic E-state index is 12.6. The van der Waals surface area contributed by atoms with Gasteiger partial charge in [0.05, 0.1) is 33.1 Å². The van der Waals surface area contributed by atoms with Crippen LogP contribution in [0.4, 0.5) is 0 Å². The second-order valence-corrected chi connectivity index (χ2v) is 8.89. The molecule has 4 rings (SSSR count). The molecule has 0 unspecified atom stereocenters. The lowest BCUT2D eigenvalue weighted by atomic mass is 9.96. The zero-order chi connectivity index (χ0) is 23.9. The number of carbonyl (C=O) groups excluding carboxylic acids is 1. The fraction of sp³-hybridized carbons (Fsp3) is 0.600. The fourth-order valence-corrected chi connectivity index (χ4v) is 4.54. The number of likely N-dealkylation sites (tertiary alicyclic amines) is 1. The Labute approximate surface area is 201 Å². The molecule has 2 aromatic rings. The van der Waals surface area contributed by atoms with Crippen molar-refractivity contribution in [2.24, 2.45) is 5.92 Å². The van der Waals surface area contributed by atoms with E-state index in [4.69, 9.17) is 23.6 Å². The molecule has 1 aromatic heterocycles. The van der Waals surface area contributed by atoms with Crippen LogP contribution in [0, 0.1) is 12.8 Å². The van der Waals surface area contributed by atoms with E-state index in [1.165, 1.54) is 0 Å². The van der Waals surface area contributed by atoms with Crippen LogP contribution in [0.2, 0.25) is 0 Å². The Hall–Kier alpha value is -2.62. The van der Waals surface area contributed by atoms with E-state index in [0.29, 0.717) is 30.5 Å². The Morgan fingerprint density at radius 3 is 2.53 bits per heavy atom. The number of hydrogen-bond acceptors (Lipinski definition) is 8. The summed E-state index contributed by atoms with van der Waals surface area (Å²) in [5.41, 5.74) is 1.78. The molecule has 186 valence electrons. The number of aromatic nitrogens is 1. The van der Waals surface area contributed by atoms with Crippen molar-refractivity contribution < 1.29 is 23.4 Å². The summed E-state index contributed by atoms with van der Waals surface area (Å²) in [7, 11) is 3.23. The first-order valence-electron chi connectivity index (χ1n) is 12.1. The number of methoxy groups -OCH3 is 2. The number of rotatable bonds is 9. The molecule has 0 radical (unpaired) electrons. The van der Waals surface area contributed by atoms with E-state index in [9.17, 15) is 4.79 Å². The van der Waals surface area contributed by atoms with Gasteiger partial charge in [0.1, 0.15) is 5.76 Å². The minimum absolute atomic E-state index is 0.0849. The van der Waals surface area contributed by atoms with Gasteiger partial charge in [0.25, 0.3) is 0 Å². The largest absolute Gasteiger partial charge is 0.493 e. The Bertz CT molecular complexity index is 949. The molecule has 3 heterocycles. The van der Waals surface area contributed by atoms with Gasteiger partial charge in [-0.15, -0.1) is 0 Å². The lowest BCUT2D eigenvalue weighted by Crippen LogP contribution is -2.44. The van der Waals surface area contributed by atoms with E-state index in [1.54, 1.807) is 14.2 Å². The lowest BCUT2D eigenvalue weighted by Gasteiger charge is -2.31. The Morgan fingerprint density at radius 1 is 1.09 bits per heavy atom. The first-order valence-corrected chi connectivity index (χ1v) is 12.1. The maximum absolute atomic E-state index is 12.6. The second kappa shape index (κ2) is 11.7. The highest BCUT2D eigenvalue weighted by Gasteiger charge is 2.26. The number of morpholine rings is 1. The highest BCUT2D eigenvalue weighted by atomic mass is 16.5. The molecule has 2 fully saturated rings. The second-order valence-electron chi connectivity index (χ2n) is 8.89. The average Bonchev–Trinajstić information content (AvgIpc) is 3.24. The van der Waals surface area contributed by atoms with E-state index in [1.807, 2.05) is 25.1 Å². The number of amides is 1. The first kappa shape index (κ1) is 24.5. The van der Waals surface area contributed by atoms with Crippen LogP contribution in [-0.2, 0) is 16.1 Å². The minimum atomic E-state index is 0.0849. The van der Waals surface area contributed by atoms with Crippen LogP contribution in [0.25, 0.3) is 11.5 Å². The van der Waals surface area contributed by atoms with E-state index >= 15 is 0 Å². The quantitative estimate of drug-likeness (QED) is 0.595. The summed E-state index contributed by atoms with van der Waals surface area (Å²) in [6.45, 7) is 9.47. The Kier molecular flexibility index (Phi) is 8.42. The molecule has 1 aromatic carbocycles. The van der Waals surface area contributed by atoms with Crippen molar-refractivity contribution in [2.75, 3.05) is 66.7 Å². The minimum Gasteiger partial charge on any atom is -0.493 e. The van der Waals surface area contributed by atoms with E-state index in [-0.39, 0.29) is 11.8 Å². The maximum Gasteiger partial charge on any atom is 0.226 e. The van der Waals surface area contributed by atoms with Crippen molar-refractivity contribution in [3.8, 4) is 23.0 Å². The normalized spacial score (nSPS) is 18.1. The van der Waals surface area contributed by atoms with Gasteiger partial charge < -0.3 is 23.9 Å². The van der Waals surface area contributed by atoms with Crippen LogP contribution in [-0.4, -0.2) is 87.4 Å². The summed E-state index contributed by atoms with van der Waals surface area (Å²) < 4.78 is 22.0. The van der Waals surface area contributed by atoms with Crippen LogP contribution in [0.5, 0.6) is 11.5 Å². The first-order chi connectivity index (χ1) is 16.6. The summed E-state index contributed by atoms with van der Waals surface area (Å²) in [6, 6.07) is 5.64. The number of hydrogen-bond donors (Lipinski definition) is 1. The smallest absolute Gasteiger partial charge is 0.226 e. The molecule has 9 nitrogen and oxygen atoms in total. The van der Waals surface area contributed by atoms with Crippen LogP contribution >= 0.6 is 0 Å². The third-order valence-electron chi connectivity index (χ3n) is 6.69. The van der Waals surface area contributed by atoms with Crippen molar-refractivity contribution in [1.82, 2.24) is 20.1 Å². The number of piperidine rings is 1. The standard InChI is InChI=1S/C25H36N4O5/c1-18-21(27-25(34-18)20-4-5-22(31-2)23(16-20)32-3)17-29-9-6-19(7-10-29)24(30)26-8-11-28-12-14-33-15-13-28/h4-5,16,19H,6-15,17H2,1-3H3,(H,26,30). The molecule has 0 atom stereocenters. The van der Waals surface area contributed by atoms with Gasteiger partial charge in [0.15, 0.2) is 11.5 Å². The molecule has 2 aliphatic rings. The third-order valence-corrected chi connectivity index (χ3v) is 6.69. The summed E-state index contributed by atoms with van der Waals surface area (Å²) in [4.78, 5) is 22.0. The highest BCUT2D eigenvalue weighted by Crippen LogP contribution is 2.33. The van der Waals surface area contributed by atoms with Crippen LogP contribution in [0.1, 0.15) is 24.3 Å². The number of carbonyl (C=O) groups is 1. The molecule has 34 heavy (non-hydrogen) atoms. The molecule has 1 amide bonds. The molecule has 0 aliphatic carbocycles. The highest BCUT2D eigenvalue weighted by molar-refractivity contribution is 5.78. The van der Waals surface area contributed by atoms with E-state index in [0.717, 1.165) is 75.8 Å². The molecule has 2 aliphatic heterocycles. The molecule has 1 N–H and O–H groups in total. The van der Waals surface area contributed by atoms with Crippen LogP contribution in [0.3, 0.4) is 0 Å². The number of aryl methyl sites for hydroxylation is 1. The number of benzene rings is 1. The predicted molar refractivity (Wildman–Crippen MR) is 128 cm³/mol. The van der Waals surface area contributed by atoms with Gasteiger partial charge in [0, 0.05) is 44.2 Å². The zero-order valence-electron chi connectivity index (χ0n) is 20.5. The third kappa shape index (κ3) is 6.08. The van der Waals surface area contributed by atoms with Gasteiger partial charge in [-0.05, 0) is 51.1 Å². The molecule has 0 spiro atoms. The number of ether oxygens (including phenoxy) is 3. The fourth-order valence-electron chi connectivity index (χ4n) is 4.54. The lowest BCUT2D eigenvalue weighted by molar-refractivity contribution is -0.126. The summed E-state index contributed by atoms with van der Waals surface area (Å²) in [5, 5.41) is 3.13. The Balaban J connectivity index is 1.25. The molecule has 0 saturated carbocycles. The summed E-state index contributed by atoms with van der Waals surface area (Å²) in [6.07, 6.45) is 1.73. The van der Waals surface area contributed by atoms with Crippen molar-refractivity contribution in [2.45, 2.75) is 26.3 Å². The monoisotopic (exact) mass is 472 g/mol. The molecular weight excluding hydrogens is 436 g/mol. The van der Waals surface area contributed by atoms with Crippen LogP contribution in [0.15, 0.2) is 22.6 Å². The molecule has 0 bridgehead atoms. The Morgan fingerprint density at radius 2 is 1.82 bits per heavy atom. The van der Waals surface area contributed by atoms with E-state index < -0.39 is 0 Å². The van der Waals surface area contributed by atoms with Crippen LogP contribution < -0.4 is 14.8 Å². The van der Waals surface area contributed by atoms with E-state index in [2.05, 4.69) is 15.1 Å². The molecule has 2 saturated heterocycles. The SMILES string of the molecule is COc1ccc(-c2nc(CN3CCC(C(=O)NCCN4CCOCC4)CC3)c(C)o2)cc1OC. The molecular formula is C25H36N4O5. The number of nitrogens with one attached hydrogen (secondary N) is 1. The summed E-state index contributed by atoms with van der Waals surface area (Å²) in [5.74, 6) is 2.96. The van der Waals surface area contributed by atoms with Gasteiger partial charge in [-0.2, -0.15) is 0 Å². The van der Waals surface area contributed by atoms with Crippen molar-refractivity contribution in [1.29, 1.82) is 0 Å². The van der Waals surface area contributed by atoms with Crippen molar-refractivity contribution >= 4 is 5.91 Å². The van der Waals surface area contributed by atoms with Crippen molar-refractivity contribution in [3.63, 3.8) is 0 Å². The number of nitrogens with zero attached hydrogens (tertiary/aromatic N) is 3. The number of oxazole rings is 1. The van der Waals surface area contributed by atoms with Gasteiger partial charge in [-0.1, -0.05) is 0 Å². The van der Waals surface area contributed by atoms with Gasteiger partial charge >= 0.3 is 0 Å². The average molecular weight is 473 g/mol. The zero-order valence-corrected chi connectivity index (χ0v) is 20.5. The predicted octanol–water partition coefficient (Wildman–Crippen LogP) is 2.33. The van der Waals surface area contributed by atoms with Gasteiger partial charge in [-0.3, -0.25) is 14.6 Å².